The summed E-state index contributed by atoms with van der Waals surface area (Å²) in [4.78, 5) is 2.37. The van der Waals surface area contributed by atoms with Gasteiger partial charge in [0.05, 0.1) is 0 Å². The number of hydrogen-bond acceptors (Lipinski definition) is 3. The predicted molar refractivity (Wildman–Crippen MR) is 161 cm³/mol. The number of rotatable bonds is 21. The molecule has 2 rings (SSSR count). The van der Waals surface area contributed by atoms with Crippen molar-refractivity contribution in [3.63, 3.8) is 0 Å². The standard InChI is InChI=1S/C34H53NO2/c1-4-7-8-9-10-11-12-13-14-15-16-17-18-19-34(30-20-24-32(36)25-21-30)31-22-26-33(27-23-31)37-29-28-35(5-2)6-3/h19-27,36H,4-18,28-29H2,1-3H3/b34-19-. The maximum absolute atomic E-state index is 9.76. The summed E-state index contributed by atoms with van der Waals surface area (Å²) < 4.78 is 5.98. The van der Waals surface area contributed by atoms with E-state index < -0.39 is 0 Å². The molecule has 3 heteroatoms. The first-order valence-corrected chi connectivity index (χ1v) is 15.1. The molecule has 0 bridgehead atoms. The molecule has 0 spiro atoms. The molecular formula is C34H53NO2. The highest BCUT2D eigenvalue weighted by Gasteiger charge is 2.07. The fourth-order valence-electron chi connectivity index (χ4n) is 4.84. The van der Waals surface area contributed by atoms with E-state index in [1.165, 1.54) is 88.2 Å². The van der Waals surface area contributed by atoms with Gasteiger partial charge in [-0.15, -0.1) is 0 Å². The zero-order chi connectivity index (χ0) is 26.6. The molecular weight excluding hydrogens is 454 g/mol. The van der Waals surface area contributed by atoms with Crippen LogP contribution in [-0.2, 0) is 0 Å². The third-order valence-electron chi connectivity index (χ3n) is 7.32. The van der Waals surface area contributed by atoms with Crippen molar-refractivity contribution in [2.24, 2.45) is 0 Å². The smallest absolute Gasteiger partial charge is 0.119 e. The molecule has 0 atom stereocenters. The highest BCUT2D eigenvalue weighted by atomic mass is 16.5. The van der Waals surface area contributed by atoms with Gasteiger partial charge in [-0.1, -0.05) is 122 Å². The first kappa shape index (κ1) is 31.0. The summed E-state index contributed by atoms with van der Waals surface area (Å²) in [6.45, 7) is 10.4. The van der Waals surface area contributed by atoms with Gasteiger partial charge in [0, 0.05) is 6.54 Å². The minimum atomic E-state index is 0.306. The average molecular weight is 508 g/mol. The maximum Gasteiger partial charge on any atom is 0.119 e. The van der Waals surface area contributed by atoms with Crippen molar-refractivity contribution in [2.45, 2.75) is 104 Å². The van der Waals surface area contributed by atoms with E-state index in [1.54, 1.807) is 12.1 Å². The quantitative estimate of drug-likeness (QED) is 0.171. The zero-order valence-electron chi connectivity index (χ0n) is 24.0. The van der Waals surface area contributed by atoms with Crippen LogP contribution in [0.25, 0.3) is 5.57 Å². The van der Waals surface area contributed by atoms with Gasteiger partial charge in [0.1, 0.15) is 18.1 Å². The van der Waals surface area contributed by atoms with Gasteiger partial charge in [-0.3, -0.25) is 0 Å². The fourth-order valence-corrected chi connectivity index (χ4v) is 4.84. The van der Waals surface area contributed by atoms with Crippen LogP contribution in [0.2, 0.25) is 0 Å². The molecule has 0 amide bonds. The van der Waals surface area contributed by atoms with Gasteiger partial charge >= 0.3 is 0 Å². The monoisotopic (exact) mass is 507 g/mol. The highest BCUT2D eigenvalue weighted by Crippen LogP contribution is 2.28. The van der Waals surface area contributed by atoms with Crippen molar-refractivity contribution < 1.29 is 9.84 Å². The van der Waals surface area contributed by atoms with Crippen molar-refractivity contribution in [1.82, 2.24) is 4.90 Å². The molecule has 3 nitrogen and oxygen atoms in total. The Bertz CT molecular complexity index is 837. The van der Waals surface area contributed by atoms with Crippen molar-refractivity contribution in [2.75, 3.05) is 26.2 Å². The molecule has 37 heavy (non-hydrogen) atoms. The first-order chi connectivity index (χ1) is 18.2. The van der Waals surface area contributed by atoms with Crippen LogP contribution in [0.15, 0.2) is 54.6 Å². The number of likely N-dealkylation sites (N-methyl/N-ethyl adjacent to an activating group) is 1. The number of benzene rings is 2. The van der Waals surface area contributed by atoms with E-state index in [0.717, 1.165) is 37.4 Å². The van der Waals surface area contributed by atoms with E-state index >= 15 is 0 Å². The lowest BCUT2D eigenvalue weighted by Crippen LogP contribution is -2.27. The number of nitrogens with zero attached hydrogens (tertiary/aromatic N) is 1. The van der Waals surface area contributed by atoms with Gasteiger partial charge in [0.15, 0.2) is 0 Å². The normalized spacial score (nSPS) is 11.8. The van der Waals surface area contributed by atoms with Crippen molar-refractivity contribution in [3.8, 4) is 11.5 Å². The fraction of sp³-hybridized carbons (Fsp3) is 0.588. The molecule has 0 aliphatic heterocycles. The topological polar surface area (TPSA) is 32.7 Å². The van der Waals surface area contributed by atoms with E-state index in [-0.39, 0.29) is 0 Å². The third-order valence-corrected chi connectivity index (χ3v) is 7.32. The van der Waals surface area contributed by atoms with Crippen LogP contribution in [0.4, 0.5) is 0 Å². The van der Waals surface area contributed by atoms with Crippen molar-refractivity contribution in [3.05, 3.63) is 65.7 Å². The molecule has 0 heterocycles. The summed E-state index contributed by atoms with van der Waals surface area (Å²) in [6, 6.07) is 16.1. The predicted octanol–water partition coefficient (Wildman–Crippen LogP) is 9.64. The summed E-state index contributed by atoms with van der Waals surface area (Å²) in [6.07, 6.45) is 19.9. The van der Waals surface area contributed by atoms with E-state index in [2.05, 4.69) is 56.0 Å². The third kappa shape index (κ3) is 13.2. The number of phenols is 1. The van der Waals surface area contributed by atoms with E-state index in [9.17, 15) is 5.11 Å². The second kappa shape index (κ2) is 19.8. The van der Waals surface area contributed by atoms with E-state index in [1.807, 2.05) is 12.1 Å². The Balaban J connectivity index is 1.80. The van der Waals surface area contributed by atoms with Gasteiger partial charge in [-0.2, -0.15) is 0 Å². The van der Waals surface area contributed by atoms with Crippen LogP contribution in [0.1, 0.15) is 115 Å². The van der Waals surface area contributed by atoms with Gasteiger partial charge in [-0.05, 0) is 66.9 Å². The summed E-state index contributed by atoms with van der Waals surface area (Å²) in [5.41, 5.74) is 3.57. The molecule has 0 unspecified atom stereocenters. The Morgan fingerprint density at radius 3 is 1.68 bits per heavy atom. The van der Waals surface area contributed by atoms with Crippen LogP contribution in [0.3, 0.4) is 0 Å². The first-order valence-electron chi connectivity index (χ1n) is 15.1. The molecule has 0 saturated carbocycles. The minimum absolute atomic E-state index is 0.306. The molecule has 0 aromatic heterocycles. The largest absolute Gasteiger partial charge is 0.508 e. The van der Waals surface area contributed by atoms with E-state index in [4.69, 9.17) is 4.74 Å². The van der Waals surface area contributed by atoms with Crippen molar-refractivity contribution in [1.29, 1.82) is 0 Å². The second-order valence-corrected chi connectivity index (χ2v) is 10.2. The second-order valence-electron chi connectivity index (χ2n) is 10.2. The Hall–Kier alpha value is -2.26. The van der Waals surface area contributed by atoms with Crippen molar-refractivity contribution >= 4 is 5.57 Å². The highest BCUT2D eigenvalue weighted by molar-refractivity contribution is 5.80. The van der Waals surface area contributed by atoms with Crippen LogP contribution in [-0.4, -0.2) is 36.2 Å². The summed E-state index contributed by atoms with van der Waals surface area (Å²) in [5, 5.41) is 9.76. The molecule has 206 valence electrons. The van der Waals surface area contributed by atoms with Gasteiger partial charge < -0.3 is 14.7 Å². The molecule has 0 radical (unpaired) electrons. The summed E-state index contributed by atoms with van der Waals surface area (Å²) >= 11 is 0. The Kier molecular flexibility index (Phi) is 16.6. The molecule has 0 aliphatic rings. The number of unbranched alkanes of at least 4 members (excludes halogenated alkanes) is 12. The molecule has 0 saturated heterocycles. The van der Waals surface area contributed by atoms with Crippen LogP contribution in [0, 0.1) is 0 Å². The lowest BCUT2D eigenvalue weighted by atomic mass is 9.96. The van der Waals surface area contributed by atoms with E-state index in [0.29, 0.717) is 12.4 Å². The molecule has 0 fully saturated rings. The van der Waals surface area contributed by atoms with Crippen LogP contribution in [0.5, 0.6) is 11.5 Å². The summed E-state index contributed by atoms with van der Waals surface area (Å²) in [7, 11) is 0. The molecule has 2 aromatic carbocycles. The lowest BCUT2D eigenvalue weighted by Gasteiger charge is -2.18. The Labute approximate surface area is 227 Å². The number of hydrogen-bond donors (Lipinski definition) is 1. The lowest BCUT2D eigenvalue weighted by molar-refractivity contribution is 0.223. The van der Waals surface area contributed by atoms with Gasteiger partial charge in [0.25, 0.3) is 0 Å². The number of ether oxygens (including phenoxy) is 1. The van der Waals surface area contributed by atoms with Gasteiger partial charge in [-0.25, -0.2) is 0 Å². The molecule has 0 aliphatic carbocycles. The zero-order valence-corrected chi connectivity index (χ0v) is 24.0. The number of allylic oxidation sites excluding steroid dienone is 1. The Morgan fingerprint density at radius 2 is 1.16 bits per heavy atom. The maximum atomic E-state index is 9.76. The Morgan fingerprint density at radius 1 is 0.676 bits per heavy atom. The van der Waals surface area contributed by atoms with Crippen LogP contribution < -0.4 is 4.74 Å². The van der Waals surface area contributed by atoms with Gasteiger partial charge in [0.2, 0.25) is 0 Å². The minimum Gasteiger partial charge on any atom is -0.508 e. The molecule has 2 aromatic rings. The average Bonchev–Trinajstić information content (AvgIpc) is 2.92. The summed E-state index contributed by atoms with van der Waals surface area (Å²) in [5.74, 6) is 1.22. The van der Waals surface area contributed by atoms with Crippen LogP contribution >= 0.6 is 0 Å². The molecule has 1 N–H and O–H groups in total. The number of phenolic OH excluding ortho intramolecular Hbond substituents is 1. The number of aromatic hydroxyl groups is 1. The SMILES string of the molecule is CCCCCCCCCCCCCC/C=C(/c1ccc(O)cc1)c1ccc(OCCN(CC)CC)cc1.